The maximum atomic E-state index is 12.3. The first-order chi connectivity index (χ1) is 9.13. The number of hydrogen-bond acceptors (Lipinski definition) is 4. The van der Waals surface area contributed by atoms with Crippen LogP contribution in [0.3, 0.4) is 0 Å². The number of carbonyl (C=O) groups is 2. The van der Waals surface area contributed by atoms with Crippen molar-refractivity contribution in [1.82, 2.24) is 10.2 Å². The Morgan fingerprint density at radius 3 is 2.68 bits per heavy atom. The minimum atomic E-state index is -0.276. The zero-order valence-corrected chi connectivity index (χ0v) is 12.7. The fraction of sp³-hybridized carbons (Fsp3) is 0.857. The molecule has 0 bridgehead atoms. The van der Waals surface area contributed by atoms with Gasteiger partial charge in [-0.15, -0.1) is 0 Å². The highest BCUT2D eigenvalue weighted by atomic mass is 32.2. The van der Waals surface area contributed by atoms with Gasteiger partial charge in [0.25, 0.3) is 0 Å². The van der Waals surface area contributed by atoms with E-state index in [-0.39, 0.29) is 23.9 Å². The number of carbonyl (C=O) groups excluding carboxylic acids is 2. The van der Waals surface area contributed by atoms with E-state index in [2.05, 4.69) is 18.5 Å². The standard InChI is InChI=1S/C14H24N2O2S/c1-10(19-2)7-8-15-12-9-13(17)16(14(12)18)11-5-3-4-6-11/h10-12,15H,3-9H2,1-2H3. The van der Waals surface area contributed by atoms with Gasteiger partial charge in [0.05, 0.1) is 12.5 Å². The summed E-state index contributed by atoms with van der Waals surface area (Å²) < 4.78 is 0. The highest BCUT2D eigenvalue weighted by Gasteiger charge is 2.42. The Balaban J connectivity index is 1.83. The summed E-state index contributed by atoms with van der Waals surface area (Å²) >= 11 is 1.83. The molecule has 1 N–H and O–H groups in total. The third-order valence-corrected chi connectivity index (χ3v) is 5.26. The second kappa shape index (κ2) is 6.75. The highest BCUT2D eigenvalue weighted by Crippen LogP contribution is 2.28. The summed E-state index contributed by atoms with van der Waals surface area (Å²) in [5.74, 6) is 0.0287. The van der Waals surface area contributed by atoms with Gasteiger partial charge in [-0.1, -0.05) is 19.8 Å². The first-order valence-electron chi connectivity index (χ1n) is 7.25. The van der Waals surface area contributed by atoms with E-state index in [1.807, 2.05) is 11.8 Å². The fourth-order valence-corrected chi connectivity index (χ4v) is 3.29. The molecule has 4 nitrogen and oxygen atoms in total. The molecule has 2 rings (SSSR count). The predicted molar refractivity (Wildman–Crippen MR) is 78.1 cm³/mol. The van der Waals surface area contributed by atoms with Crippen molar-refractivity contribution in [3.63, 3.8) is 0 Å². The van der Waals surface area contributed by atoms with E-state index >= 15 is 0 Å². The quantitative estimate of drug-likeness (QED) is 0.756. The number of rotatable bonds is 6. The van der Waals surface area contributed by atoms with Crippen LogP contribution in [0.5, 0.6) is 0 Å². The lowest BCUT2D eigenvalue weighted by molar-refractivity contribution is -0.141. The van der Waals surface area contributed by atoms with Gasteiger partial charge in [0.1, 0.15) is 0 Å². The van der Waals surface area contributed by atoms with Gasteiger partial charge in [-0.2, -0.15) is 11.8 Å². The molecule has 1 saturated heterocycles. The van der Waals surface area contributed by atoms with E-state index < -0.39 is 0 Å². The van der Waals surface area contributed by atoms with Gasteiger partial charge in [-0.25, -0.2) is 0 Å². The van der Waals surface area contributed by atoms with Gasteiger partial charge < -0.3 is 5.32 Å². The van der Waals surface area contributed by atoms with Crippen molar-refractivity contribution in [2.45, 2.75) is 62.8 Å². The van der Waals surface area contributed by atoms with E-state index in [4.69, 9.17) is 0 Å². The SMILES string of the molecule is CSC(C)CCNC1CC(=O)N(C2CCCC2)C1=O. The van der Waals surface area contributed by atoms with Crippen molar-refractivity contribution < 1.29 is 9.59 Å². The summed E-state index contributed by atoms with van der Waals surface area (Å²) in [6, 6.07) is -0.0981. The molecule has 1 saturated carbocycles. The summed E-state index contributed by atoms with van der Waals surface area (Å²) in [6.45, 7) is 2.99. The summed E-state index contributed by atoms with van der Waals surface area (Å²) in [5, 5.41) is 3.84. The van der Waals surface area contributed by atoms with Gasteiger partial charge in [0.15, 0.2) is 0 Å². The molecule has 108 valence electrons. The van der Waals surface area contributed by atoms with Crippen LogP contribution in [0, 0.1) is 0 Å². The normalized spacial score (nSPS) is 26.4. The van der Waals surface area contributed by atoms with Crippen LogP contribution in [-0.4, -0.2) is 46.8 Å². The Kier molecular flexibility index (Phi) is 5.28. The van der Waals surface area contributed by atoms with E-state index in [1.54, 1.807) is 4.90 Å². The average molecular weight is 284 g/mol. The molecule has 0 radical (unpaired) electrons. The summed E-state index contributed by atoms with van der Waals surface area (Å²) in [6.07, 6.45) is 7.75. The largest absolute Gasteiger partial charge is 0.305 e. The summed E-state index contributed by atoms with van der Waals surface area (Å²) in [7, 11) is 0. The topological polar surface area (TPSA) is 49.4 Å². The van der Waals surface area contributed by atoms with Crippen LogP contribution in [0.2, 0.25) is 0 Å². The predicted octanol–water partition coefficient (Wildman–Crippen LogP) is 1.79. The van der Waals surface area contributed by atoms with E-state index in [0.717, 1.165) is 38.6 Å². The van der Waals surface area contributed by atoms with Crippen LogP contribution in [0.1, 0.15) is 45.4 Å². The van der Waals surface area contributed by atoms with Gasteiger partial charge in [0.2, 0.25) is 11.8 Å². The molecule has 0 spiro atoms. The number of hydrogen-bond donors (Lipinski definition) is 1. The number of thioether (sulfide) groups is 1. The van der Waals surface area contributed by atoms with Crippen molar-refractivity contribution in [2.24, 2.45) is 0 Å². The monoisotopic (exact) mass is 284 g/mol. The minimum Gasteiger partial charge on any atom is -0.305 e. The van der Waals surface area contributed by atoms with Crippen LogP contribution in [0.4, 0.5) is 0 Å². The molecule has 2 aliphatic rings. The highest BCUT2D eigenvalue weighted by molar-refractivity contribution is 7.99. The van der Waals surface area contributed by atoms with E-state index in [1.165, 1.54) is 0 Å². The molecule has 2 amide bonds. The van der Waals surface area contributed by atoms with Crippen LogP contribution in [0.25, 0.3) is 0 Å². The smallest absolute Gasteiger partial charge is 0.247 e. The van der Waals surface area contributed by atoms with Crippen molar-refractivity contribution in [2.75, 3.05) is 12.8 Å². The molecular formula is C14H24N2O2S. The first-order valence-corrected chi connectivity index (χ1v) is 8.54. The van der Waals surface area contributed by atoms with Crippen molar-refractivity contribution in [3.05, 3.63) is 0 Å². The molecular weight excluding hydrogens is 260 g/mol. The maximum absolute atomic E-state index is 12.3. The van der Waals surface area contributed by atoms with Crippen molar-refractivity contribution >= 4 is 23.6 Å². The summed E-state index contributed by atoms with van der Waals surface area (Å²) in [4.78, 5) is 25.8. The Hall–Kier alpha value is -0.550. The molecule has 2 unspecified atom stereocenters. The molecule has 1 aliphatic carbocycles. The second-order valence-corrected chi connectivity index (χ2v) is 6.86. The number of nitrogens with zero attached hydrogens (tertiary/aromatic N) is 1. The third-order valence-electron chi connectivity index (χ3n) is 4.22. The van der Waals surface area contributed by atoms with Crippen LogP contribution in [-0.2, 0) is 9.59 Å². The van der Waals surface area contributed by atoms with Gasteiger partial charge in [-0.05, 0) is 32.1 Å². The molecule has 1 heterocycles. The lowest BCUT2D eigenvalue weighted by atomic mass is 10.2. The van der Waals surface area contributed by atoms with E-state index in [9.17, 15) is 9.59 Å². The maximum Gasteiger partial charge on any atom is 0.247 e. The van der Waals surface area contributed by atoms with Gasteiger partial charge in [-0.3, -0.25) is 14.5 Å². The minimum absolute atomic E-state index is 0.00806. The molecule has 5 heteroatoms. The summed E-state index contributed by atoms with van der Waals surface area (Å²) in [5.41, 5.74) is 0. The molecule has 0 aromatic rings. The van der Waals surface area contributed by atoms with Crippen LogP contribution >= 0.6 is 11.8 Å². The Morgan fingerprint density at radius 2 is 2.05 bits per heavy atom. The first kappa shape index (κ1) is 14.9. The second-order valence-electron chi connectivity index (χ2n) is 5.59. The lowest BCUT2D eigenvalue weighted by Crippen LogP contribution is -2.43. The van der Waals surface area contributed by atoms with Crippen LogP contribution < -0.4 is 5.32 Å². The van der Waals surface area contributed by atoms with Crippen molar-refractivity contribution in [1.29, 1.82) is 0 Å². The van der Waals surface area contributed by atoms with E-state index in [0.29, 0.717) is 11.7 Å². The number of nitrogens with one attached hydrogen (secondary N) is 1. The molecule has 1 aliphatic heterocycles. The number of imide groups is 1. The molecule has 2 atom stereocenters. The Bertz CT molecular complexity index is 342. The molecule has 0 aromatic carbocycles. The van der Waals surface area contributed by atoms with Crippen molar-refractivity contribution in [3.8, 4) is 0 Å². The molecule has 0 aromatic heterocycles. The zero-order valence-electron chi connectivity index (χ0n) is 11.9. The average Bonchev–Trinajstić information content (AvgIpc) is 2.98. The number of amides is 2. The lowest BCUT2D eigenvalue weighted by Gasteiger charge is -2.22. The zero-order chi connectivity index (χ0) is 13.8. The number of likely N-dealkylation sites (tertiary alicyclic amines) is 1. The fourth-order valence-electron chi connectivity index (χ4n) is 2.94. The van der Waals surface area contributed by atoms with Gasteiger partial charge in [0, 0.05) is 11.3 Å². The van der Waals surface area contributed by atoms with Gasteiger partial charge >= 0.3 is 0 Å². The molecule has 2 fully saturated rings. The van der Waals surface area contributed by atoms with Crippen LogP contribution in [0.15, 0.2) is 0 Å². The Labute approximate surface area is 119 Å². The molecule has 19 heavy (non-hydrogen) atoms. The Morgan fingerprint density at radius 1 is 1.37 bits per heavy atom. The third kappa shape index (κ3) is 3.51.